The third-order valence-corrected chi connectivity index (χ3v) is 4.97. The second-order valence-electron chi connectivity index (χ2n) is 6.26. The Balaban J connectivity index is 1.36. The summed E-state index contributed by atoms with van der Waals surface area (Å²) < 4.78 is 15.4. The molecule has 0 unspecified atom stereocenters. The van der Waals surface area contributed by atoms with Crippen LogP contribution in [0.4, 0.5) is 0 Å². The molecule has 2 aromatic carbocycles. The summed E-state index contributed by atoms with van der Waals surface area (Å²) in [6.45, 7) is 1.25. The van der Waals surface area contributed by atoms with E-state index in [9.17, 15) is 9.59 Å². The van der Waals surface area contributed by atoms with Crippen LogP contribution in [0.15, 0.2) is 70.6 Å². The minimum Gasteiger partial charge on any atom is -0.452 e. The first kappa shape index (κ1) is 19.5. The standard InChI is InChI=1S/C22H16N2O5S/c1-14(25)28-18-10-8-16(9-11-18)15-4-6-17(7-5-15)22(26)27-13-20-23-21(24-29-20)19-3-2-12-30-19/h2-12H,13H2,1H3. The molecule has 30 heavy (non-hydrogen) atoms. The average Bonchev–Trinajstić information content (AvgIpc) is 3.44. The normalized spacial score (nSPS) is 10.6. The SMILES string of the molecule is CC(=O)Oc1ccc(-c2ccc(C(=O)OCc3nc(-c4cccs4)no3)cc2)cc1. The maximum atomic E-state index is 12.3. The molecule has 0 radical (unpaired) electrons. The Bertz CT molecular complexity index is 1150. The van der Waals surface area contributed by atoms with Crippen LogP contribution < -0.4 is 4.74 Å². The average molecular weight is 420 g/mol. The maximum Gasteiger partial charge on any atom is 0.338 e. The summed E-state index contributed by atoms with van der Waals surface area (Å²) >= 11 is 1.50. The smallest absolute Gasteiger partial charge is 0.338 e. The van der Waals surface area contributed by atoms with Crippen LogP contribution in [0.25, 0.3) is 21.8 Å². The number of hydrogen-bond acceptors (Lipinski definition) is 8. The van der Waals surface area contributed by atoms with Gasteiger partial charge in [-0.1, -0.05) is 35.5 Å². The number of aromatic nitrogens is 2. The van der Waals surface area contributed by atoms with E-state index in [0.29, 0.717) is 17.1 Å². The van der Waals surface area contributed by atoms with Crippen LogP contribution in [0, 0.1) is 0 Å². The number of rotatable bonds is 6. The van der Waals surface area contributed by atoms with Crippen molar-refractivity contribution >= 4 is 23.3 Å². The van der Waals surface area contributed by atoms with Crippen LogP contribution in [0.2, 0.25) is 0 Å². The van der Waals surface area contributed by atoms with Crippen LogP contribution in [0.5, 0.6) is 5.75 Å². The molecular formula is C22H16N2O5S. The fraction of sp³-hybridized carbons (Fsp3) is 0.0909. The molecule has 2 heterocycles. The number of hydrogen-bond donors (Lipinski definition) is 0. The third kappa shape index (κ3) is 4.61. The van der Waals surface area contributed by atoms with Crippen LogP contribution >= 0.6 is 11.3 Å². The Hall–Kier alpha value is -3.78. The van der Waals surface area contributed by atoms with E-state index in [0.717, 1.165) is 16.0 Å². The fourth-order valence-corrected chi connectivity index (χ4v) is 3.36. The Morgan fingerprint density at radius 1 is 1.00 bits per heavy atom. The van der Waals surface area contributed by atoms with E-state index in [1.165, 1.54) is 18.3 Å². The van der Waals surface area contributed by atoms with Gasteiger partial charge in [0.15, 0.2) is 6.61 Å². The second kappa shape index (κ2) is 8.71. The Kier molecular flexibility index (Phi) is 5.67. The lowest BCUT2D eigenvalue weighted by Gasteiger charge is -2.06. The molecule has 4 aromatic rings. The van der Waals surface area contributed by atoms with E-state index in [1.54, 1.807) is 24.3 Å². The van der Waals surface area contributed by atoms with Gasteiger partial charge in [0.2, 0.25) is 5.82 Å². The zero-order valence-electron chi connectivity index (χ0n) is 15.9. The zero-order chi connectivity index (χ0) is 20.9. The molecule has 8 heteroatoms. The van der Waals surface area contributed by atoms with E-state index in [1.807, 2.05) is 41.8 Å². The molecule has 0 aliphatic rings. The monoisotopic (exact) mass is 420 g/mol. The first-order valence-corrected chi connectivity index (χ1v) is 9.89. The number of benzene rings is 2. The number of nitrogens with zero attached hydrogens (tertiary/aromatic N) is 2. The molecule has 0 spiro atoms. The van der Waals surface area contributed by atoms with E-state index in [-0.39, 0.29) is 18.5 Å². The number of ether oxygens (including phenoxy) is 2. The molecule has 150 valence electrons. The Labute approximate surface area is 175 Å². The Morgan fingerprint density at radius 3 is 2.33 bits per heavy atom. The summed E-state index contributed by atoms with van der Waals surface area (Å²) in [4.78, 5) is 28.4. The largest absolute Gasteiger partial charge is 0.452 e. The van der Waals surface area contributed by atoms with Gasteiger partial charge in [0.05, 0.1) is 10.4 Å². The summed E-state index contributed by atoms with van der Waals surface area (Å²) in [7, 11) is 0. The fourth-order valence-electron chi connectivity index (χ4n) is 2.71. The summed E-state index contributed by atoms with van der Waals surface area (Å²) in [5.41, 5.74) is 2.25. The van der Waals surface area contributed by atoms with Crippen molar-refractivity contribution in [1.29, 1.82) is 0 Å². The van der Waals surface area contributed by atoms with Crippen molar-refractivity contribution in [2.24, 2.45) is 0 Å². The van der Waals surface area contributed by atoms with Gasteiger partial charge in [0.25, 0.3) is 5.89 Å². The van der Waals surface area contributed by atoms with Crippen molar-refractivity contribution in [2.75, 3.05) is 0 Å². The molecule has 0 atom stereocenters. The van der Waals surface area contributed by atoms with Crippen molar-refractivity contribution in [3.05, 3.63) is 77.5 Å². The van der Waals surface area contributed by atoms with Crippen molar-refractivity contribution < 1.29 is 23.6 Å². The van der Waals surface area contributed by atoms with E-state index in [2.05, 4.69) is 10.1 Å². The number of esters is 2. The molecule has 4 rings (SSSR count). The highest BCUT2D eigenvalue weighted by Crippen LogP contribution is 2.24. The van der Waals surface area contributed by atoms with Gasteiger partial charge >= 0.3 is 11.9 Å². The number of thiophene rings is 1. The molecule has 2 aromatic heterocycles. The number of carbonyl (C=O) groups is 2. The van der Waals surface area contributed by atoms with Gasteiger partial charge in [-0.15, -0.1) is 11.3 Å². The third-order valence-electron chi connectivity index (χ3n) is 4.11. The van der Waals surface area contributed by atoms with Crippen LogP contribution in [-0.4, -0.2) is 22.1 Å². The molecule has 0 saturated heterocycles. The molecule has 0 bridgehead atoms. The molecule has 0 fully saturated rings. The lowest BCUT2D eigenvalue weighted by atomic mass is 10.0. The van der Waals surface area contributed by atoms with Gasteiger partial charge in [0.1, 0.15) is 5.75 Å². The van der Waals surface area contributed by atoms with Crippen LogP contribution in [0.3, 0.4) is 0 Å². The van der Waals surface area contributed by atoms with Gasteiger partial charge in [-0.2, -0.15) is 4.98 Å². The van der Waals surface area contributed by atoms with E-state index in [4.69, 9.17) is 14.0 Å². The lowest BCUT2D eigenvalue weighted by molar-refractivity contribution is -0.131. The topological polar surface area (TPSA) is 91.5 Å². The molecule has 0 saturated carbocycles. The van der Waals surface area contributed by atoms with Crippen molar-refractivity contribution in [3.63, 3.8) is 0 Å². The summed E-state index contributed by atoms with van der Waals surface area (Å²) in [6, 6.07) is 17.9. The highest BCUT2D eigenvalue weighted by atomic mass is 32.1. The van der Waals surface area contributed by atoms with E-state index >= 15 is 0 Å². The van der Waals surface area contributed by atoms with Gasteiger partial charge < -0.3 is 14.0 Å². The highest BCUT2D eigenvalue weighted by molar-refractivity contribution is 7.13. The summed E-state index contributed by atoms with van der Waals surface area (Å²) in [5.74, 6) is 0.336. The summed E-state index contributed by atoms with van der Waals surface area (Å²) in [5, 5.41) is 5.80. The minimum absolute atomic E-state index is 0.101. The minimum atomic E-state index is -0.484. The molecule has 0 aliphatic heterocycles. The maximum absolute atomic E-state index is 12.3. The molecule has 0 amide bonds. The molecule has 0 aliphatic carbocycles. The predicted octanol–water partition coefficient (Wildman–Crippen LogP) is 4.75. The first-order chi connectivity index (χ1) is 14.6. The van der Waals surface area contributed by atoms with Gasteiger partial charge in [-0.25, -0.2) is 4.79 Å². The first-order valence-electron chi connectivity index (χ1n) is 9.01. The quantitative estimate of drug-likeness (QED) is 0.328. The highest BCUT2D eigenvalue weighted by Gasteiger charge is 2.13. The van der Waals surface area contributed by atoms with Crippen LogP contribution in [0.1, 0.15) is 23.2 Å². The van der Waals surface area contributed by atoms with Crippen molar-refractivity contribution in [2.45, 2.75) is 13.5 Å². The Morgan fingerprint density at radius 2 is 1.70 bits per heavy atom. The molecular weight excluding hydrogens is 404 g/mol. The summed E-state index contributed by atoms with van der Waals surface area (Å²) in [6.07, 6.45) is 0. The van der Waals surface area contributed by atoms with Gasteiger partial charge in [-0.05, 0) is 46.8 Å². The van der Waals surface area contributed by atoms with Crippen molar-refractivity contribution in [1.82, 2.24) is 10.1 Å². The predicted molar refractivity (Wildman–Crippen MR) is 110 cm³/mol. The second-order valence-corrected chi connectivity index (χ2v) is 7.21. The van der Waals surface area contributed by atoms with Crippen LogP contribution in [-0.2, 0) is 16.1 Å². The van der Waals surface area contributed by atoms with Crippen molar-refractivity contribution in [3.8, 4) is 27.6 Å². The van der Waals surface area contributed by atoms with E-state index < -0.39 is 5.97 Å². The number of carbonyl (C=O) groups excluding carboxylic acids is 2. The molecule has 7 nitrogen and oxygen atoms in total. The van der Waals surface area contributed by atoms with Gasteiger partial charge in [-0.3, -0.25) is 4.79 Å². The molecule has 0 N–H and O–H groups in total. The lowest BCUT2D eigenvalue weighted by Crippen LogP contribution is -2.05. The van der Waals surface area contributed by atoms with Gasteiger partial charge in [0, 0.05) is 6.92 Å². The zero-order valence-corrected chi connectivity index (χ0v) is 16.7.